The first-order chi connectivity index (χ1) is 7.79. The van der Waals surface area contributed by atoms with Crippen LogP contribution in [0.3, 0.4) is 0 Å². The number of likely N-dealkylation sites (N-methyl/N-ethyl adjacent to an activating group) is 1. The molecule has 0 aliphatic carbocycles. The van der Waals surface area contributed by atoms with E-state index in [1.807, 2.05) is 13.1 Å². The van der Waals surface area contributed by atoms with Gasteiger partial charge in [-0.05, 0) is 26.8 Å². The molecule has 1 aliphatic heterocycles. The Kier molecular flexibility index (Phi) is 6.03. The van der Waals surface area contributed by atoms with E-state index in [4.69, 9.17) is 9.47 Å². The number of rotatable bonds is 7. The summed E-state index contributed by atoms with van der Waals surface area (Å²) in [6.07, 6.45) is 6.07. The lowest BCUT2D eigenvalue weighted by molar-refractivity contribution is -0.126. The molecule has 0 aromatic rings. The van der Waals surface area contributed by atoms with Crippen LogP contribution in [0.15, 0.2) is 12.7 Å². The van der Waals surface area contributed by atoms with Crippen molar-refractivity contribution in [3.05, 3.63) is 12.7 Å². The number of nitrogens with one attached hydrogen (secondary N) is 1. The maximum absolute atomic E-state index is 6.04. The molecule has 1 aliphatic rings. The largest absolute Gasteiger partial charge is 0.381 e. The molecule has 0 bridgehead atoms. The molecule has 1 N–H and O–H groups in total. The summed E-state index contributed by atoms with van der Waals surface area (Å²) in [5, 5.41) is 3.40. The highest BCUT2D eigenvalue weighted by molar-refractivity contribution is 4.95. The predicted octanol–water partition coefficient (Wildman–Crippen LogP) is 2.13. The van der Waals surface area contributed by atoms with Gasteiger partial charge < -0.3 is 14.8 Å². The van der Waals surface area contributed by atoms with Crippen LogP contribution in [0, 0.1) is 0 Å². The van der Waals surface area contributed by atoms with Crippen LogP contribution in [0.5, 0.6) is 0 Å². The molecule has 1 saturated heterocycles. The lowest BCUT2D eigenvalue weighted by Gasteiger charge is -2.43. The van der Waals surface area contributed by atoms with Crippen LogP contribution in [0.4, 0.5) is 0 Å². The summed E-state index contributed by atoms with van der Waals surface area (Å²) in [4.78, 5) is 0. The second kappa shape index (κ2) is 7.05. The van der Waals surface area contributed by atoms with Gasteiger partial charge in [0, 0.05) is 38.7 Å². The molecule has 1 fully saturated rings. The number of allylic oxidation sites excluding steroid dienone is 1. The summed E-state index contributed by atoms with van der Waals surface area (Å²) in [5.74, 6) is 0. The Morgan fingerprint density at radius 3 is 2.69 bits per heavy atom. The van der Waals surface area contributed by atoms with Crippen LogP contribution < -0.4 is 5.32 Å². The van der Waals surface area contributed by atoms with Crippen LogP contribution in [0.2, 0.25) is 0 Å². The Hall–Kier alpha value is -0.380. The molecule has 16 heavy (non-hydrogen) atoms. The zero-order valence-electron chi connectivity index (χ0n) is 10.6. The molecule has 0 aromatic heterocycles. The van der Waals surface area contributed by atoms with Gasteiger partial charge in [-0.1, -0.05) is 6.08 Å². The van der Waals surface area contributed by atoms with E-state index in [1.165, 1.54) is 0 Å². The number of ether oxygens (including phenoxy) is 2. The zero-order chi connectivity index (χ0) is 11.9. The third-order valence-electron chi connectivity index (χ3n) is 3.41. The second-order valence-electron chi connectivity index (χ2n) is 4.32. The topological polar surface area (TPSA) is 30.5 Å². The lowest BCUT2D eigenvalue weighted by atomic mass is 9.83. The standard InChI is InChI=1S/C13H25NO2/c1-4-6-7-12(14-3)13(16-5-2)8-10-15-11-9-13/h4,12,14H,1,5-11H2,2-3H3. The van der Waals surface area contributed by atoms with Crippen LogP contribution >= 0.6 is 0 Å². The minimum absolute atomic E-state index is 0.0369. The van der Waals surface area contributed by atoms with Crippen molar-refractivity contribution in [2.24, 2.45) is 0 Å². The summed E-state index contributed by atoms with van der Waals surface area (Å²) in [6, 6.07) is 0.398. The van der Waals surface area contributed by atoms with Crippen LogP contribution in [-0.2, 0) is 9.47 Å². The van der Waals surface area contributed by atoms with Gasteiger partial charge in [0.05, 0.1) is 5.60 Å². The van der Waals surface area contributed by atoms with Crippen molar-refractivity contribution in [3.8, 4) is 0 Å². The number of hydrogen-bond donors (Lipinski definition) is 1. The van der Waals surface area contributed by atoms with Crippen molar-refractivity contribution in [1.29, 1.82) is 0 Å². The Morgan fingerprint density at radius 1 is 1.50 bits per heavy atom. The van der Waals surface area contributed by atoms with Gasteiger partial charge in [0.1, 0.15) is 0 Å². The smallest absolute Gasteiger partial charge is 0.0878 e. The Balaban J connectivity index is 2.66. The summed E-state index contributed by atoms with van der Waals surface area (Å²) in [6.45, 7) is 8.25. The molecule has 3 heteroatoms. The van der Waals surface area contributed by atoms with Gasteiger partial charge >= 0.3 is 0 Å². The van der Waals surface area contributed by atoms with Crippen molar-refractivity contribution in [2.75, 3.05) is 26.9 Å². The van der Waals surface area contributed by atoms with Gasteiger partial charge in [-0.3, -0.25) is 0 Å². The Labute approximate surface area is 99.2 Å². The predicted molar refractivity (Wildman–Crippen MR) is 66.7 cm³/mol. The molecule has 1 heterocycles. The zero-order valence-corrected chi connectivity index (χ0v) is 10.6. The molecule has 0 amide bonds. The monoisotopic (exact) mass is 227 g/mol. The van der Waals surface area contributed by atoms with Crippen molar-refractivity contribution in [3.63, 3.8) is 0 Å². The molecule has 3 nitrogen and oxygen atoms in total. The summed E-state index contributed by atoms with van der Waals surface area (Å²) >= 11 is 0. The summed E-state index contributed by atoms with van der Waals surface area (Å²) in [7, 11) is 2.02. The van der Waals surface area contributed by atoms with Crippen LogP contribution in [-0.4, -0.2) is 38.5 Å². The van der Waals surface area contributed by atoms with Crippen LogP contribution in [0.25, 0.3) is 0 Å². The molecule has 0 spiro atoms. The summed E-state index contributed by atoms with van der Waals surface area (Å²) in [5.41, 5.74) is -0.0369. The van der Waals surface area contributed by atoms with E-state index in [2.05, 4.69) is 18.8 Å². The molecule has 94 valence electrons. The minimum Gasteiger partial charge on any atom is -0.381 e. The molecule has 1 rings (SSSR count). The maximum Gasteiger partial charge on any atom is 0.0878 e. The highest BCUT2D eigenvalue weighted by Crippen LogP contribution is 2.31. The van der Waals surface area contributed by atoms with Crippen molar-refractivity contribution in [1.82, 2.24) is 5.32 Å². The fourth-order valence-electron chi connectivity index (χ4n) is 2.55. The van der Waals surface area contributed by atoms with Gasteiger partial charge in [0.15, 0.2) is 0 Å². The van der Waals surface area contributed by atoms with Gasteiger partial charge in [0.2, 0.25) is 0 Å². The minimum atomic E-state index is -0.0369. The molecule has 0 saturated carbocycles. The fourth-order valence-corrected chi connectivity index (χ4v) is 2.55. The highest BCUT2D eigenvalue weighted by Gasteiger charge is 2.39. The first-order valence-electron chi connectivity index (χ1n) is 6.29. The number of hydrogen-bond acceptors (Lipinski definition) is 3. The SMILES string of the molecule is C=CCCC(NC)C1(OCC)CCOCC1. The van der Waals surface area contributed by atoms with E-state index in [-0.39, 0.29) is 5.60 Å². The van der Waals surface area contributed by atoms with E-state index in [0.717, 1.165) is 45.5 Å². The first-order valence-corrected chi connectivity index (χ1v) is 6.29. The van der Waals surface area contributed by atoms with Gasteiger partial charge in [-0.15, -0.1) is 6.58 Å². The van der Waals surface area contributed by atoms with Crippen molar-refractivity contribution < 1.29 is 9.47 Å². The molecule has 1 atom stereocenters. The van der Waals surface area contributed by atoms with Crippen molar-refractivity contribution in [2.45, 2.75) is 44.2 Å². The first kappa shape index (κ1) is 13.7. The summed E-state index contributed by atoms with van der Waals surface area (Å²) < 4.78 is 11.5. The molecular formula is C13H25NO2. The van der Waals surface area contributed by atoms with E-state index in [0.29, 0.717) is 6.04 Å². The molecule has 0 aromatic carbocycles. The van der Waals surface area contributed by atoms with Gasteiger partial charge in [-0.25, -0.2) is 0 Å². The highest BCUT2D eigenvalue weighted by atomic mass is 16.5. The van der Waals surface area contributed by atoms with Gasteiger partial charge in [-0.2, -0.15) is 0 Å². The maximum atomic E-state index is 6.04. The van der Waals surface area contributed by atoms with Crippen molar-refractivity contribution >= 4 is 0 Å². The fraction of sp³-hybridized carbons (Fsp3) is 0.846. The second-order valence-corrected chi connectivity index (χ2v) is 4.32. The average Bonchev–Trinajstić information content (AvgIpc) is 2.31. The van der Waals surface area contributed by atoms with Gasteiger partial charge in [0.25, 0.3) is 0 Å². The third-order valence-corrected chi connectivity index (χ3v) is 3.41. The third kappa shape index (κ3) is 3.30. The molecular weight excluding hydrogens is 202 g/mol. The van der Waals surface area contributed by atoms with E-state index >= 15 is 0 Å². The van der Waals surface area contributed by atoms with E-state index in [9.17, 15) is 0 Å². The van der Waals surface area contributed by atoms with Crippen LogP contribution in [0.1, 0.15) is 32.6 Å². The Bertz CT molecular complexity index is 195. The average molecular weight is 227 g/mol. The molecule has 0 radical (unpaired) electrons. The van der Waals surface area contributed by atoms with E-state index < -0.39 is 0 Å². The lowest BCUT2D eigenvalue weighted by Crippen LogP contribution is -2.54. The Morgan fingerprint density at radius 2 is 2.19 bits per heavy atom. The molecule has 1 unspecified atom stereocenters. The normalized spacial score (nSPS) is 21.6. The van der Waals surface area contributed by atoms with E-state index in [1.54, 1.807) is 0 Å². The quantitative estimate of drug-likeness (QED) is 0.676.